The number of rotatable bonds is 6. The van der Waals surface area contributed by atoms with Crippen LogP contribution in [0.2, 0.25) is 10.0 Å². The summed E-state index contributed by atoms with van der Waals surface area (Å²) in [7, 11) is 1.63. The molecule has 2 heterocycles. The van der Waals surface area contributed by atoms with E-state index in [9.17, 15) is 4.79 Å². The topological polar surface area (TPSA) is 63.1 Å². The summed E-state index contributed by atoms with van der Waals surface area (Å²) in [5.41, 5.74) is 1.91. The maximum Gasteiger partial charge on any atom is 0.224 e. The third-order valence-corrected chi connectivity index (χ3v) is 6.61. The van der Waals surface area contributed by atoms with Crippen LogP contribution in [0.4, 0.5) is 0 Å². The quantitative estimate of drug-likeness (QED) is 0.465. The van der Waals surface area contributed by atoms with Gasteiger partial charge < -0.3 is 9.64 Å². The molecule has 162 valence electrons. The summed E-state index contributed by atoms with van der Waals surface area (Å²) in [6, 6.07) is 13.2. The van der Waals surface area contributed by atoms with Crippen molar-refractivity contribution in [1.82, 2.24) is 19.7 Å². The largest absolute Gasteiger partial charge is 0.497 e. The molecule has 31 heavy (non-hydrogen) atoms. The van der Waals surface area contributed by atoms with Crippen LogP contribution < -0.4 is 4.74 Å². The summed E-state index contributed by atoms with van der Waals surface area (Å²) in [6.45, 7) is 1.17. The first-order valence-corrected chi connectivity index (χ1v) is 11.2. The molecule has 3 aromatic rings. The van der Waals surface area contributed by atoms with Crippen molar-refractivity contribution in [3.63, 3.8) is 0 Å². The van der Waals surface area contributed by atoms with Gasteiger partial charge in [-0.25, -0.2) is 0 Å². The van der Waals surface area contributed by atoms with E-state index in [2.05, 4.69) is 10.2 Å². The normalized spacial score (nSPS) is 16.0. The number of halogens is 2. The molecule has 0 radical (unpaired) electrons. The number of aromatic amines is 1. The first-order valence-electron chi connectivity index (χ1n) is 10.0. The standard InChI is InChI=1S/C22H22Cl2N4O2S/c1-30-16-7-4-14(5-8-16)21-25-26-22(31)28(21)12-10-20(29)27-11-2-3-19(27)15-6-9-17(23)18(24)13-15/h4-9,13,19H,2-3,10-12H2,1H3,(H,26,31). The molecule has 9 heteroatoms. The van der Waals surface area contributed by atoms with Crippen molar-refractivity contribution < 1.29 is 9.53 Å². The number of nitrogens with zero attached hydrogens (tertiary/aromatic N) is 3. The van der Waals surface area contributed by atoms with E-state index in [0.717, 1.165) is 36.3 Å². The molecule has 1 amide bonds. The van der Waals surface area contributed by atoms with Crippen LogP contribution in [0, 0.1) is 4.77 Å². The number of hydrogen-bond donors (Lipinski definition) is 1. The van der Waals surface area contributed by atoms with Crippen LogP contribution in [0.3, 0.4) is 0 Å². The Morgan fingerprint density at radius 3 is 2.71 bits per heavy atom. The monoisotopic (exact) mass is 476 g/mol. The van der Waals surface area contributed by atoms with Crippen molar-refractivity contribution in [2.45, 2.75) is 31.8 Å². The lowest BCUT2D eigenvalue weighted by Crippen LogP contribution is -2.31. The van der Waals surface area contributed by atoms with E-state index >= 15 is 0 Å². The van der Waals surface area contributed by atoms with Gasteiger partial charge in [0.1, 0.15) is 5.75 Å². The molecule has 6 nitrogen and oxygen atoms in total. The number of carbonyl (C=O) groups is 1. The van der Waals surface area contributed by atoms with Crippen molar-refractivity contribution in [1.29, 1.82) is 0 Å². The fraction of sp³-hybridized carbons (Fsp3) is 0.318. The summed E-state index contributed by atoms with van der Waals surface area (Å²) in [6.07, 6.45) is 2.19. The molecule has 1 aliphatic rings. The lowest BCUT2D eigenvalue weighted by Gasteiger charge is -2.25. The van der Waals surface area contributed by atoms with Crippen LogP contribution >= 0.6 is 35.4 Å². The van der Waals surface area contributed by atoms with E-state index < -0.39 is 0 Å². The van der Waals surface area contributed by atoms with Gasteiger partial charge in [-0.2, -0.15) is 5.10 Å². The van der Waals surface area contributed by atoms with Gasteiger partial charge in [0.2, 0.25) is 5.91 Å². The number of amides is 1. The van der Waals surface area contributed by atoms with Crippen LogP contribution in [0.5, 0.6) is 5.75 Å². The molecule has 1 aliphatic heterocycles. The number of aromatic nitrogens is 3. The van der Waals surface area contributed by atoms with Crippen molar-refractivity contribution in [3.8, 4) is 17.1 Å². The molecule has 2 aromatic carbocycles. The minimum Gasteiger partial charge on any atom is -0.497 e. The SMILES string of the molecule is COc1ccc(-c2n[nH]c(=S)n2CCC(=O)N2CCCC2c2ccc(Cl)c(Cl)c2)cc1. The molecule has 0 saturated carbocycles. The summed E-state index contributed by atoms with van der Waals surface area (Å²) < 4.78 is 7.56. The smallest absolute Gasteiger partial charge is 0.224 e. The number of ether oxygens (including phenoxy) is 1. The Morgan fingerprint density at radius 2 is 2.00 bits per heavy atom. The fourth-order valence-electron chi connectivity index (χ4n) is 3.97. The summed E-state index contributed by atoms with van der Waals surface area (Å²) in [5, 5.41) is 8.21. The average molecular weight is 477 g/mol. The van der Waals surface area contributed by atoms with Gasteiger partial charge in [-0.05, 0) is 67.0 Å². The molecular weight excluding hydrogens is 455 g/mol. The van der Waals surface area contributed by atoms with E-state index in [4.69, 9.17) is 40.2 Å². The van der Waals surface area contributed by atoms with Crippen LogP contribution in [-0.4, -0.2) is 39.2 Å². The second kappa shape index (κ2) is 9.42. The second-order valence-electron chi connectivity index (χ2n) is 7.40. The number of methoxy groups -OCH3 is 1. The number of carbonyl (C=O) groups excluding carboxylic acids is 1. The molecule has 0 bridgehead atoms. The van der Waals surface area contributed by atoms with Gasteiger partial charge in [-0.1, -0.05) is 29.3 Å². The third kappa shape index (κ3) is 4.63. The molecule has 4 rings (SSSR count). The zero-order valence-electron chi connectivity index (χ0n) is 17.0. The van der Waals surface area contributed by atoms with E-state index in [1.165, 1.54) is 0 Å². The molecule has 0 aliphatic carbocycles. The van der Waals surface area contributed by atoms with Gasteiger partial charge in [0.15, 0.2) is 10.6 Å². The highest BCUT2D eigenvalue weighted by atomic mass is 35.5. The van der Waals surface area contributed by atoms with Gasteiger partial charge in [-0.15, -0.1) is 0 Å². The summed E-state index contributed by atoms with van der Waals surface area (Å²) in [5.74, 6) is 1.54. The zero-order chi connectivity index (χ0) is 22.0. The molecule has 1 fully saturated rings. The molecule has 1 atom stereocenters. The van der Waals surface area contributed by atoms with E-state index in [1.807, 2.05) is 45.9 Å². The maximum absolute atomic E-state index is 13.1. The first kappa shape index (κ1) is 21.9. The minimum absolute atomic E-state index is 0.0145. The first-order chi connectivity index (χ1) is 15.0. The lowest BCUT2D eigenvalue weighted by molar-refractivity contribution is -0.132. The number of likely N-dealkylation sites (tertiary alicyclic amines) is 1. The molecule has 1 unspecified atom stereocenters. The highest BCUT2D eigenvalue weighted by molar-refractivity contribution is 7.71. The summed E-state index contributed by atoms with van der Waals surface area (Å²) >= 11 is 17.6. The number of nitrogens with one attached hydrogen (secondary N) is 1. The Morgan fingerprint density at radius 1 is 1.23 bits per heavy atom. The minimum atomic E-state index is 0.0145. The maximum atomic E-state index is 13.1. The molecule has 1 N–H and O–H groups in total. The predicted octanol–water partition coefficient (Wildman–Crippen LogP) is 5.68. The Bertz CT molecular complexity index is 1140. The van der Waals surface area contributed by atoms with Crippen LogP contribution in [-0.2, 0) is 11.3 Å². The van der Waals surface area contributed by atoms with E-state index in [-0.39, 0.29) is 11.9 Å². The lowest BCUT2D eigenvalue weighted by atomic mass is 10.0. The van der Waals surface area contributed by atoms with Gasteiger partial charge in [0.25, 0.3) is 0 Å². The Labute approximate surface area is 195 Å². The van der Waals surface area contributed by atoms with Crippen LogP contribution in [0.1, 0.15) is 30.9 Å². The van der Waals surface area contributed by atoms with Crippen LogP contribution in [0.15, 0.2) is 42.5 Å². The van der Waals surface area contributed by atoms with Crippen LogP contribution in [0.25, 0.3) is 11.4 Å². The van der Waals surface area contributed by atoms with Crippen molar-refractivity contribution in [2.24, 2.45) is 0 Å². The number of hydrogen-bond acceptors (Lipinski definition) is 4. The third-order valence-electron chi connectivity index (χ3n) is 5.56. The summed E-state index contributed by atoms with van der Waals surface area (Å²) in [4.78, 5) is 15.0. The predicted molar refractivity (Wildman–Crippen MR) is 124 cm³/mol. The molecule has 0 spiro atoms. The zero-order valence-corrected chi connectivity index (χ0v) is 19.3. The average Bonchev–Trinajstić information content (AvgIpc) is 3.41. The van der Waals surface area contributed by atoms with Gasteiger partial charge in [0.05, 0.1) is 23.2 Å². The van der Waals surface area contributed by atoms with Crippen molar-refractivity contribution in [3.05, 3.63) is 62.8 Å². The highest BCUT2D eigenvalue weighted by Crippen LogP contribution is 2.35. The molecular formula is C22H22Cl2N4O2S. The van der Waals surface area contributed by atoms with Gasteiger partial charge >= 0.3 is 0 Å². The number of benzene rings is 2. The fourth-order valence-corrected chi connectivity index (χ4v) is 4.50. The van der Waals surface area contributed by atoms with Gasteiger partial charge in [0, 0.05) is 25.1 Å². The molecule has 1 saturated heterocycles. The highest BCUT2D eigenvalue weighted by Gasteiger charge is 2.30. The van der Waals surface area contributed by atoms with E-state index in [0.29, 0.717) is 33.6 Å². The Hall–Kier alpha value is -2.35. The second-order valence-corrected chi connectivity index (χ2v) is 8.60. The Balaban J connectivity index is 1.49. The Kier molecular flexibility index (Phi) is 6.65. The van der Waals surface area contributed by atoms with Crippen molar-refractivity contribution >= 4 is 41.3 Å². The van der Waals surface area contributed by atoms with Gasteiger partial charge in [-0.3, -0.25) is 14.5 Å². The van der Waals surface area contributed by atoms with Crippen molar-refractivity contribution in [2.75, 3.05) is 13.7 Å². The van der Waals surface area contributed by atoms with E-state index in [1.54, 1.807) is 13.2 Å². The number of H-pyrrole nitrogens is 1. The molecule has 1 aromatic heterocycles.